The molecule has 0 fully saturated rings. The Kier molecular flexibility index (Phi) is 4.37. The Hall–Kier alpha value is -1.49. The van der Waals surface area contributed by atoms with Gasteiger partial charge in [-0.2, -0.15) is 0 Å². The van der Waals surface area contributed by atoms with Gasteiger partial charge in [0.05, 0.1) is 5.69 Å². The summed E-state index contributed by atoms with van der Waals surface area (Å²) in [5.74, 6) is -0.0713. The van der Waals surface area contributed by atoms with Gasteiger partial charge >= 0.3 is 0 Å². The van der Waals surface area contributed by atoms with E-state index in [-0.39, 0.29) is 5.91 Å². The third kappa shape index (κ3) is 3.58. The molecule has 1 amide bonds. The highest BCUT2D eigenvalue weighted by Crippen LogP contribution is 2.08. The summed E-state index contributed by atoms with van der Waals surface area (Å²) in [5, 5.41) is 2.87. The van der Waals surface area contributed by atoms with Gasteiger partial charge in [0.25, 0.3) is 5.91 Å². The molecule has 0 radical (unpaired) electrons. The number of nitrogen functional groups attached to an aromatic ring is 1. The molecule has 16 heavy (non-hydrogen) atoms. The number of nitrogens with one attached hydrogen (secondary N) is 1. The van der Waals surface area contributed by atoms with E-state index in [1.54, 1.807) is 16.8 Å². The van der Waals surface area contributed by atoms with Gasteiger partial charge in [0.2, 0.25) is 0 Å². The summed E-state index contributed by atoms with van der Waals surface area (Å²) in [4.78, 5) is 13.8. The molecule has 5 nitrogen and oxygen atoms in total. The molecule has 0 saturated heterocycles. The van der Waals surface area contributed by atoms with Gasteiger partial charge in [-0.1, -0.05) is 0 Å². The first-order chi connectivity index (χ1) is 7.50. The maximum Gasteiger partial charge on any atom is 0.267 e. The molecule has 90 valence electrons. The van der Waals surface area contributed by atoms with Gasteiger partial charge in [-0.3, -0.25) is 4.79 Å². The highest BCUT2D eigenvalue weighted by molar-refractivity contribution is 5.93. The van der Waals surface area contributed by atoms with E-state index < -0.39 is 0 Å². The maximum atomic E-state index is 11.7. The standard InChI is InChI=1S/C11H20N4O/c1-14(2)6-4-5-13-11(16)10-7-9(12)8-15(10)3/h7-8H,4-6,12H2,1-3H3,(H,13,16). The van der Waals surface area contributed by atoms with Crippen LogP contribution in [0.2, 0.25) is 0 Å². The molecular formula is C11H20N4O. The number of rotatable bonds is 5. The molecular weight excluding hydrogens is 204 g/mol. The predicted octanol–water partition coefficient (Wildman–Crippen LogP) is 0.289. The van der Waals surface area contributed by atoms with E-state index in [4.69, 9.17) is 5.73 Å². The minimum absolute atomic E-state index is 0.0713. The van der Waals surface area contributed by atoms with Gasteiger partial charge in [0, 0.05) is 19.8 Å². The molecule has 0 saturated carbocycles. The van der Waals surface area contributed by atoms with E-state index in [9.17, 15) is 4.79 Å². The largest absolute Gasteiger partial charge is 0.397 e. The van der Waals surface area contributed by atoms with Gasteiger partial charge in [-0.15, -0.1) is 0 Å². The van der Waals surface area contributed by atoms with E-state index >= 15 is 0 Å². The van der Waals surface area contributed by atoms with E-state index in [0.717, 1.165) is 13.0 Å². The Morgan fingerprint density at radius 3 is 2.75 bits per heavy atom. The third-order valence-electron chi connectivity index (χ3n) is 2.33. The lowest BCUT2D eigenvalue weighted by molar-refractivity contribution is 0.0944. The molecule has 0 bridgehead atoms. The number of carbonyl (C=O) groups is 1. The molecule has 1 aromatic rings. The second-order valence-corrected chi connectivity index (χ2v) is 4.18. The summed E-state index contributed by atoms with van der Waals surface area (Å²) in [6.45, 7) is 1.65. The van der Waals surface area contributed by atoms with Crippen LogP contribution in [0.15, 0.2) is 12.3 Å². The molecule has 0 unspecified atom stereocenters. The number of nitrogens with zero attached hydrogens (tertiary/aromatic N) is 2. The Bertz CT molecular complexity index is 357. The van der Waals surface area contributed by atoms with Crippen LogP contribution in [0.5, 0.6) is 0 Å². The SMILES string of the molecule is CN(C)CCCNC(=O)c1cc(N)cn1C. The van der Waals surface area contributed by atoms with Crippen molar-refractivity contribution in [2.75, 3.05) is 32.9 Å². The van der Waals surface area contributed by atoms with Gasteiger partial charge in [-0.05, 0) is 33.1 Å². The van der Waals surface area contributed by atoms with Crippen molar-refractivity contribution in [3.8, 4) is 0 Å². The van der Waals surface area contributed by atoms with E-state index in [2.05, 4.69) is 10.2 Å². The van der Waals surface area contributed by atoms with Gasteiger partial charge in [-0.25, -0.2) is 0 Å². The number of hydrogen-bond acceptors (Lipinski definition) is 3. The summed E-state index contributed by atoms with van der Waals surface area (Å²) >= 11 is 0. The van der Waals surface area contributed by atoms with E-state index in [1.165, 1.54) is 0 Å². The normalized spacial score (nSPS) is 10.8. The first-order valence-corrected chi connectivity index (χ1v) is 5.35. The van der Waals surface area contributed by atoms with Crippen LogP contribution in [-0.4, -0.2) is 42.6 Å². The minimum Gasteiger partial charge on any atom is -0.397 e. The Morgan fingerprint density at radius 1 is 1.56 bits per heavy atom. The average Bonchev–Trinajstić information content (AvgIpc) is 2.52. The van der Waals surface area contributed by atoms with Crippen LogP contribution in [0.3, 0.4) is 0 Å². The average molecular weight is 224 g/mol. The number of carbonyl (C=O) groups excluding carboxylic acids is 1. The van der Waals surface area contributed by atoms with Gasteiger partial charge < -0.3 is 20.5 Å². The van der Waals surface area contributed by atoms with Crippen LogP contribution in [0, 0.1) is 0 Å². The number of amides is 1. The van der Waals surface area contributed by atoms with Crippen LogP contribution < -0.4 is 11.1 Å². The zero-order valence-corrected chi connectivity index (χ0v) is 10.2. The van der Waals surface area contributed by atoms with Crippen molar-refractivity contribution in [1.29, 1.82) is 0 Å². The predicted molar refractivity (Wildman–Crippen MR) is 65.3 cm³/mol. The fraction of sp³-hybridized carbons (Fsp3) is 0.545. The topological polar surface area (TPSA) is 63.3 Å². The Labute approximate surface area is 96.2 Å². The van der Waals surface area contributed by atoms with Crippen molar-refractivity contribution < 1.29 is 4.79 Å². The fourth-order valence-electron chi connectivity index (χ4n) is 1.50. The minimum atomic E-state index is -0.0713. The smallest absolute Gasteiger partial charge is 0.267 e. The summed E-state index contributed by atoms with van der Waals surface area (Å²) in [5.41, 5.74) is 6.82. The second-order valence-electron chi connectivity index (χ2n) is 4.18. The van der Waals surface area contributed by atoms with Crippen molar-refractivity contribution in [2.45, 2.75) is 6.42 Å². The quantitative estimate of drug-likeness (QED) is 0.707. The van der Waals surface area contributed by atoms with Crippen molar-refractivity contribution in [1.82, 2.24) is 14.8 Å². The second kappa shape index (κ2) is 5.55. The third-order valence-corrected chi connectivity index (χ3v) is 2.33. The van der Waals surface area contributed by atoms with Crippen LogP contribution in [0.1, 0.15) is 16.9 Å². The van der Waals surface area contributed by atoms with Crippen molar-refractivity contribution >= 4 is 11.6 Å². The molecule has 0 aliphatic carbocycles. The van der Waals surface area contributed by atoms with Crippen molar-refractivity contribution in [2.24, 2.45) is 7.05 Å². The maximum absolute atomic E-state index is 11.7. The molecule has 0 aromatic carbocycles. The van der Waals surface area contributed by atoms with Gasteiger partial charge in [0.1, 0.15) is 5.69 Å². The lowest BCUT2D eigenvalue weighted by atomic mass is 10.3. The molecule has 1 heterocycles. The number of anilines is 1. The zero-order valence-electron chi connectivity index (χ0n) is 10.2. The van der Waals surface area contributed by atoms with E-state index in [1.807, 2.05) is 21.1 Å². The lowest BCUT2D eigenvalue weighted by Crippen LogP contribution is -2.28. The molecule has 1 rings (SSSR count). The van der Waals surface area contributed by atoms with Crippen LogP contribution in [-0.2, 0) is 7.05 Å². The molecule has 0 atom stereocenters. The molecule has 0 spiro atoms. The van der Waals surface area contributed by atoms with Crippen molar-refractivity contribution in [3.05, 3.63) is 18.0 Å². The Morgan fingerprint density at radius 2 is 2.25 bits per heavy atom. The highest BCUT2D eigenvalue weighted by Gasteiger charge is 2.09. The van der Waals surface area contributed by atoms with Crippen LogP contribution in [0.25, 0.3) is 0 Å². The number of hydrogen-bond donors (Lipinski definition) is 2. The molecule has 3 N–H and O–H groups in total. The van der Waals surface area contributed by atoms with Crippen LogP contribution >= 0.6 is 0 Å². The first-order valence-electron chi connectivity index (χ1n) is 5.35. The highest BCUT2D eigenvalue weighted by atomic mass is 16.1. The van der Waals surface area contributed by atoms with Crippen LogP contribution in [0.4, 0.5) is 5.69 Å². The summed E-state index contributed by atoms with van der Waals surface area (Å²) < 4.78 is 1.73. The summed E-state index contributed by atoms with van der Waals surface area (Å²) in [6, 6.07) is 1.68. The molecule has 1 aromatic heterocycles. The number of aromatic nitrogens is 1. The first kappa shape index (κ1) is 12.6. The summed E-state index contributed by atoms with van der Waals surface area (Å²) in [7, 11) is 5.84. The lowest BCUT2D eigenvalue weighted by Gasteiger charge is -2.10. The summed E-state index contributed by atoms with van der Waals surface area (Å²) in [6.07, 6.45) is 2.67. The molecule has 5 heteroatoms. The number of aryl methyl sites for hydroxylation is 1. The van der Waals surface area contributed by atoms with E-state index in [0.29, 0.717) is 17.9 Å². The zero-order chi connectivity index (χ0) is 12.1. The van der Waals surface area contributed by atoms with Gasteiger partial charge in [0.15, 0.2) is 0 Å². The van der Waals surface area contributed by atoms with Crippen molar-refractivity contribution in [3.63, 3.8) is 0 Å². The molecule has 0 aliphatic rings. The number of nitrogens with two attached hydrogens (primary N) is 1. The molecule has 0 aliphatic heterocycles. The fourth-order valence-corrected chi connectivity index (χ4v) is 1.50. The Balaban J connectivity index is 2.38. The monoisotopic (exact) mass is 224 g/mol.